The monoisotopic (exact) mass is 168 g/mol. The Morgan fingerprint density at radius 3 is 2.58 bits per heavy atom. The zero-order chi connectivity index (χ0) is 8.86. The maximum atomic E-state index is 5.29. The van der Waals surface area contributed by atoms with E-state index in [4.69, 9.17) is 4.74 Å². The Morgan fingerprint density at radius 2 is 2.00 bits per heavy atom. The molecular formula is C11H20O. The van der Waals surface area contributed by atoms with Crippen LogP contribution in [0.4, 0.5) is 0 Å². The third kappa shape index (κ3) is 3.91. The molecule has 1 aliphatic heterocycles. The highest BCUT2D eigenvalue weighted by molar-refractivity contribution is 4.91. The highest BCUT2D eigenvalue weighted by Crippen LogP contribution is 2.31. The Kier molecular flexibility index (Phi) is 3.80. The average molecular weight is 168 g/mol. The van der Waals surface area contributed by atoms with Gasteiger partial charge in [0.2, 0.25) is 0 Å². The number of rotatable bonds is 6. The molecule has 0 aromatic heterocycles. The quantitative estimate of drug-likeness (QED) is 0.337. The van der Waals surface area contributed by atoms with Crippen LogP contribution in [0.5, 0.6) is 0 Å². The van der Waals surface area contributed by atoms with E-state index in [1.54, 1.807) is 0 Å². The number of unbranched alkanes of at least 4 members (excludes halogenated alkanes) is 2. The van der Waals surface area contributed by atoms with Gasteiger partial charge in [0.05, 0.1) is 12.2 Å². The lowest BCUT2D eigenvalue weighted by atomic mass is 10.1. The van der Waals surface area contributed by atoms with Crippen LogP contribution in [-0.4, -0.2) is 12.2 Å². The third-order valence-electron chi connectivity index (χ3n) is 2.37. The molecule has 0 aromatic carbocycles. The van der Waals surface area contributed by atoms with Crippen LogP contribution in [0.3, 0.4) is 0 Å². The summed E-state index contributed by atoms with van der Waals surface area (Å²) in [6.07, 6.45) is 10.8. The average Bonchev–Trinajstić information content (AvgIpc) is 2.77. The molecule has 0 radical (unpaired) electrons. The van der Waals surface area contributed by atoms with E-state index >= 15 is 0 Å². The largest absolute Gasteiger partial charge is 0.370 e. The first-order valence-electron chi connectivity index (χ1n) is 5.06. The third-order valence-corrected chi connectivity index (χ3v) is 2.37. The minimum Gasteiger partial charge on any atom is -0.370 e. The van der Waals surface area contributed by atoms with Crippen molar-refractivity contribution in [2.75, 3.05) is 6.61 Å². The molecule has 0 bridgehead atoms. The van der Waals surface area contributed by atoms with Crippen LogP contribution in [0.2, 0.25) is 0 Å². The smallest absolute Gasteiger partial charge is 0.0891 e. The number of ether oxygens (including phenoxy) is 1. The molecule has 1 rings (SSSR count). The van der Waals surface area contributed by atoms with Gasteiger partial charge in [-0.3, -0.25) is 0 Å². The number of epoxide rings is 1. The summed E-state index contributed by atoms with van der Waals surface area (Å²) in [5.41, 5.74) is 0.245. The molecule has 1 heterocycles. The van der Waals surface area contributed by atoms with Gasteiger partial charge in [-0.05, 0) is 26.2 Å². The molecule has 0 aromatic rings. The van der Waals surface area contributed by atoms with Crippen molar-refractivity contribution in [3.05, 3.63) is 12.2 Å². The first-order valence-corrected chi connectivity index (χ1v) is 5.06. The van der Waals surface area contributed by atoms with E-state index in [1.165, 1.54) is 32.1 Å². The topological polar surface area (TPSA) is 12.5 Å². The van der Waals surface area contributed by atoms with E-state index in [1.807, 2.05) is 0 Å². The fourth-order valence-electron chi connectivity index (χ4n) is 1.21. The molecular weight excluding hydrogens is 148 g/mol. The van der Waals surface area contributed by atoms with Gasteiger partial charge in [-0.2, -0.15) is 0 Å². The minimum absolute atomic E-state index is 0.245. The van der Waals surface area contributed by atoms with Gasteiger partial charge in [-0.1, -0.05) is 31.9 Å². The standard InChI is InChI=1S/C11H20O/c1-3-4-5-6-7-8-9-11(2)10-12-11/h6-7H,3-5,8-10H2,1-2H3/b7-6-. The zero-order valence-electron chi connectivity index (χ0n) is 8.31. The van der Waals surface area contributed by atoms with Crippen LogP contribution < -0.4 is 0 Å². The van der Waals surface area contributed by atoms with Crippen molar-refractivity contribution in [2.45, 2.75) is 51.6 Å². The predicted octanol–water partition coefficient (Wildman–Crippen LogP) is 3.30. The molecule has 0 spiro atoms. The normalized spacial score (nSPS) is 28.2. The maximum absolute atomic E-state index is 5.29. The van der Waals surface area contributed by atoms with Crippen molar-refractivity contribution < 1.29 is 4.74 Å². The maximum Gasteiger partial charge on any atom is 0.0891 e. The summed E-state index contributed by atoms with van der Waals surface area (Å²) in [5, 5.41) is 0. The van der Waals surface area contributed by atoms with Crippen LogP contribution in [0.1, 0.15) is 46.0 Å². The molecule has 12 heavy (non-hydrogen) atoms. The van der Waals surface area contributed by atoms with Gasteiger partial charge in [0.15, 0.2) is 0 Å². The first kappa shape index (κ1) is 9.79. The van der Waals surface area contributed by atoms with Crippen LogP contribution >= 0.6 is 0 Å². The summed E-state index contributed by atoms with van der Waals surface area (Å²) in [6.45, 7) is 5.38. The summed E-state index contributed by atoms with van der Waals surface area (Å²) in [7, 11) is 0. The second-order valence-electron chi connectivity index (χ2n) is 3.89. The van der Waals surface area contributed by atoms with E-state index in [-0.39, 0.29) is 5.60 Å². The Balaban J connectivity index is 1.91. The second kappa shape index (κ2) is 4.66. The van der Waals surface area contributed by atoms with Crippen molar-refractivity contribution in [3.8, 4) is 0 Å². The number of hydrogen-bond donors (Lipinski definition) is 0. The summed E-state index contributed by atoms with van der Waals surface area (Å²) in [6, 6.07) is 0. The van der Waals surface area contributed by atoms with E-state index < -0.39 is 0 Å². The van der Waals surface area contributed by atoms with E-state index in [0.717, 1.165) is 6.61 Å². The van der Waals surface area contributed by atoms with E-state index in [2.05, 4.69) is 26.0 Å². The molecule has 1 nitrogen and oxygen atoms in total. The van der Waals surface area contributed by atoms with Crippen LogP contribution in [-0.2, 0) is 4.74 Å². The molecule has 1 unspecified atom stereocenters. The highest BCUT2D eigenvalue weighted by Gasteiger charge is 2.37. The SMILES string of the molecule is CCCC/C=C\CCC1(C)CO1. The Morgan fingerprint density at radius 1 is 1.33 bits per heavy atom. The molecule has 0 saturated carbocycles. The molecule has 0 aliphatic carbocycles. The van der Waals surface area contributed by atoms with Crippen LogP contribution in [0.15, 0.2) is 12.2 Å². The lowest BCUT2D eigenvalue weighted by molar-refractivity contribution is 0.310. The van der Waals surface area contributed by atoms with Gasteiger partial charge in [0.25, 0.3) is 0 Å². The van der Waals surface area contributed by atoms with Gasteiger partial charge in [-0.25, -0.2) is 0 Å². The fourth-order valence-corrected chi connectivity index (χ4v) is 1.21. The van der Waals surface area contributed by atoms with Crippen molar-refractivity contribution in [1.82, 2.24) is 0 Å². The van der Waals surface area contributed by atoms with Gasteiger partial charge in [0, 0.05) is 0 Å². The van der Waals surface area contributed by atoms with Crippen molar-refractivity contribution in [2.24, 2.45) is 0 Å². The Labute approximate surface area is 75.8 Å². The summed E-state index contributed by atoms with van der Waals surface area (Å²) >= 11 is 0. The van der Waals surface area contributed by atoms with E-state index in [0.29, 0.717) is 0 Å². The summed E-state index contributed by atoms with van der Waals surface area (Å²) < 4.78 is 5.29. The number of hydrogen-bond acceptors (Lipinski definition) is 1. The van der Waals surface area contributed by atoms with Gasteiger partial charge in [0.1, 0.15) is 0 Å². The molecule has 1 aliphatic rings. The van der Waals surface area contributed by atoms with Crippen molar-refractivity contribution in [3.63, 3.8) is 0 Å². The van der Waals surface area contributed by atoms with Crippen molar-refractivity contribution >= 4 is 0 Å². The minimum atomic E-state index is 0.245. The predicted molar refractivity (Wildman–Crippen MR) is 52.3 cm³/mol. The molecule has 1 fully saturated rings. The second-order valence-corrected chi connectivity index (χ2v) is 3.89. The highest BCUT2D eigenvalue weighted by atomic mass is 16.6. The molecule has 70 valence electrons. The molecule has 0 amide bonds. The van der Waals surface area contributed by atoms with Crippen LogP contribution in [0, 0.1) is 0 Å². The Hall–Kier alpha value is -0.300. The fraction of sp³-hybridized carbons (Fsp3) is 0.818. The van der Waals surface area contributed by atoms with Crippen LogP contribution in [0.25, 0.3) is 0 Å². The molecule has 0 N–H and O–H groups in total. The van der Waals surface area contributed by atoms with E-state index in [9.17, 15) is 0 Å². The first-order chi connectivity index (χ1) is 5.77. The van der Waals surface area contributed by atoms with Crippen molar-refractivity contribution in [1.29, 1.82) is 0 Å². The Bertz CT molecular complexity index is 145. The summed E-state index contributed by atoms with van der Waals surface area (Å²) in [5.74, 6) is 0. The lowest BCUT2D eigenvalue weighted by Crippen LogP contribution is -2.01. The molecule has 1 saturated heterocycles. The molecule has 1 heteroatoms. The zero-order valence-corrected chi connectivity index (χ0v) is 8.31. The van der Waals surface area contributed by atoms with Gasteiger partial charge < -0.3 is 4.74 Å². The number of allylic oxidation sites excluding steroid dienone is 2. The van der Waals surface area contributed by atoms with Gasteiger partial charge >= 0.3 is 0 Å². The molecule has 1 atom stereocenters. The van der Waals surface area contributed by atoms with Gasteiger partial charge in [-0.15, -0.1) is 0 Å². The summed E-state index contributed by atoms with van der Waals surface area (Å²) in [4.78, 5) is 0. The lowest BCUT2D eigenvalue weighted by Gasteiger charge is -1.99.